The highest BCUT2D eigenvalue weighted by molar-refractivity contribution is 5.44. The Balaban J connectivity index is 1.05. The summed E-state index contributed by atoms with van der Waals surface area (Å²) in [7, 11) is 0. The van der Waals surface area contributed by atoms with E-state index in [2.05, 4.69) is 86.6 Å². The van der Waals surface area contributed by atoms with E-state index >= 15 is 0 Å². The minimum atomic E-state index is 0.459. The summed E-state index contributed by atoms with van der Waals surface area (Å²) in [5, 5.41) is 0. The first-order valence-electron chi connectivity index (χ1n) is 18.0. The van der Waals surface area contributed by atoms with Gasteiger partial charge in [0.25, 0.3) is 0 Å². The molecular formula is C43H58N2. The zero-order valence-electron chi connectivity index (χ0n) is 28.2. The van der Waals surface area contributed by atoms with Crippen LogP contribution >= 0.6 is 0 Å². The lowest BCUT2D eigenvalue weighted by Gasteiger charge is -2.18. The van der Waals surface area contributed by atoms with Crippen LogP contribution in [0.1, 0.15) is 143 Å². The lowest BCUT2D eigenvalue weighted by atomic mass is 9.87. The molecule has 4 rings (SSSR count). The van der Waals surface area contributed by atoms with Crippen molar-refractivity contribution in [2.45, 2.75) is 122 Å². The van der Waals surface area contributed by atoms with Gasteiger partial charge in [-0.25, -0.2) is 0 Å². The van der Waals surface area contributed by atoms with Gasteiger partial charge in [-0.05, 0) is 96.2 Å². The molecule has 0 radical (unpaired) electrons. The Morgan fingerprint density at radius 3 is 0.933 bits per heavy atom. The van der Waals surface area contributed by atoms with Crippen molar-refractivity contribution in [3.63, 3.8) is 0 Å². The Labute approximate surface area is 274 Å². The lowest BCUT2D eigenvalue weighted by Crippen LogP contribution is -2.01. The van der Waals surface area contributed by atoms with Crippen molar-refractivity contribution in [1.82, 2.24) is 0 Å². The standard InChI is InChI=1S/C43H58N2/c1-3-14-42(38-26-30-40(44)31-27-38)36-22-18-34(19-23-36)16-12-10-8-6-5-7-9-11-13-17-35-20-24-37(25-21-35)43(15-4-2)39-28-32-41(45)33-29-39/h18-33,42-43H,3-17,44-45H2,1-2H3. The van der Waals surface area contributed by atoms with E-state index in [0.717, 1.165) is 11.4 Å². The Morgan fingerprint density at radius 2 is 0.644 bits per heavy atom. The molecule has 4 aromatic rings. The molecule has 0 fully saturated rings. The molecular weight excluding hydrogens is 544 g/mol. The van der Waals surface area contributed by atoms with E-state index in [1.54, 1.807) is 0 Å². The maximum Gasteiger partial charge on any atom is 0.0314 e. The average Bonchev–Trinajstić information content (AvgIpc) is 3.07. The fourth-order valence-electron chi connectivity index (χ4n) is 6.81. The van der Waals surface area contributed by atoms with Crippen molar-refractivity contribution >= 4 is 11.4 Å². The number of rotatable bonds is 20. The molecule has 0 saturated carbocycles. The molecule has 2 atom stereocenters. The Bertz CT molecular complexity index is 1230. The smallest absolute Gasteiger partial charge is 0.0314 e. The first kappa shape index (κ1) is 34.4. The second kappa shape index (κ2) is 19.1. The predicted octanol–water partition coefficient (Wildman–Crippen LogP) is 12.0. The van der Waals surface area contributed by atoms with Gasteiger partial charge in [-0.3, -0.25) is 0 Å². The number of unbranched alkanes of at least 4 members (excludes halogenated alkanes) is 8. The van der Waals surface area contributed by atoms with Gasteiger partial charge >= 0.3 is 0 Å². The Kier molecular flexibility index (Phi) is 14.6. The lowest BCUT2D eigenvalue weighted by molar-refractivity contribution is 0.558. The van der Waals surface area contributed by atoms with Crippen LogP contribution in [0.4, 0.5) is 11.4 Å². The number of hydrogen-bond acceptors (Lipinski definition) is 2. The number of hydrogen-bond donors (Lipinski definition) is 2. The third kappa shape index (κ3) is 11.4. The molecule has 0 heterocycles. The summed E-state index contributed by atoms with van der Waals surface area (Å²) in [5.41, 5.74) is 22.1. The molecule has 0 saturated heterocycles. The summed E-state index contributed by atoms with van der Waals surface area (Å²) >= 11 is 0. The van der Waals surface area contributed by atoms with E-state index in [1.807, 2.05) is 24.3 Å². The fraction of sp³-hybridized carbons (Fsp3) is 0.442. The van der Waals surface area contributed by atoms with Crippen molar-refractivity contribution in [2.75, 3.05) is 11.5 Å². The van der Waals surface area contributed by atoms with Crippen LogP contribution in [0, 0.1) is 0 Å². The molecule has 0 aliphatic carbocycles. The van der Waals surface area contributed by atoms with Gasteiger partial charge in [-0.1, -0.05) is 144 Å². The summed E-state index contributed by atoms with van der Waals surface area (Å²) in [6.07, 6.45) is 19.3. The maximum absolute atomic E-state index is 5.92. The Morgan fingerprint density at radius 1 is 0.378 bits per heavy atom. The summed E-state index contributed by atoms with van der Waals surface area (Å²) in [6, 6.07) is 35.7. The monoisotopic (exact) mass is 602 g/mol. The molecule has 0 amide bonds. The molecule has 2 unspecified atom stereocenters. The largest absolute Gasteiger partial charge is 0.399 e. The number of benzene rings is 4. The summed E-state index contributed by atoms with van der Waals surface area (Å²) < 4.78 is 0. The molecule has 0 bridgehead atoms. The topological polar surface area (TPSA) is 52.0 Å². The minimum Gasteiger partial charge on any atom is -0.399 e. The fourth-order valence-corrected chi connectivity index (χ4v) is 6.81. The van der Waals surface area contributed by atoms with Crippen molar-refractivity contribution < 1.29 is 0 Å². The van der Waals surface area contributed by atoms with Crippen molar-refractivity contribution in [1.29, 1.82) is 0 Å². The summed E-state index contributed by atoms with van der Waals surface area (Å²) in [6.45, 7) is 4.54. The van der Waals surface area contributed by atoms with Crippen LogP contribution in [0.5, 0.6) is 0 Å². The van der Waals surface area contributed by atoms with Crippen LogP contribution in [0.25, 0.3) is 0 Å². The molecule has 45 heavy (non-hydrogen) atoms. The highest BCUT2D eigenvalue weighted by Crippen LogP contribution is 2.31. The minimum absolute atomic E-state index is 0.459. The molecule has 0 aliphatic heterocycles. The number of aryl methyl sites for hydroxylation is 2. The average molecular weight is 603 g/mol. The zero-order valence-corrected chi connectivity index (χ0v) is 28.2. The second-order valence-corrected chi connectivity index (χ2v) is 13.2. The van der Waals surface area contributed by atoms with Crippen molar-refractivity contribution in [3.8, 4) is 0 Å². The highest BCUT2D eigenvalue weighted by Gasteiger charge is 2.14. The normalized spacial score (nSPS) is 12.7. The number of anilines is 2. The molecule has 0 spiro atoms. The van der Waals surface area contributed by atoms with E-state index in [1.165, 1.54) is 130 Å². The molecule has 0 aromatic heterocycles. The molecule has 2 heteroatoms. The molecule has 4 N–H and O–H groups in total. The Hall–Kier alpha value is -3.52. The van der Waals surface area contributed by atoms with Gasteiger partial charge in [0, 0.05) is 23.2 Å². The quantitative estimate of drug-likeness (QED) is 0.0781. The first-order valence-corrected chi connectivity index (χ1v) is 18.0. The van der Waals surface area contributed by atoms with E-state index in [9.17, 15) is 0 Å². The van der Waals surface area contributed by atoms with E-state index in [-0.39, 0.29) is 0 Å². The van der Waals surface area contributed by atoms with Crippen molar-refractivity contribution in [2.24, 2.45) is 0 Å². The van der Waals surface area contributed by atoms with Gasteiger partial charge in [0.1, 0.15) is 0 Å². The van der Waals surface area contributed by atoms with Crippen molar-refractivity contribution in [3.05, 3.63) is 130 Å². The van der Waals surface area contributed by atoms with Gasteiger partial charge in [0.15, 0.2) is 0 Å². The predicted molar refractivity (Wildman–Crippen MR) is 197 cm³/mol. The number of nitrogen functional groups attached to an aromatic ring is 2. The highest BCUT2D eigenvalue weighted by atomic mass is 14.5. The van der Waals surface area contributed by atoms with Crippen LogP contribution < -0.4 is 11.5 Å². The second-order valence-electron chi connectivity index (χ2n) is 13.2. The molecule has 2 nitrogen and oxygen atoms in total. The van der Waals surface area contributed by atoms with Gasteiger partial charge in [0.05, 0.1) is 0 Å². The SMILES string of the molecule is CCCC(c1ccc(N)cc1)c1ccc(CCCCCCCCCCCc2ccc(C(CCC)c3ccc(N)cc3)cc2)cc1. The molecule has 240 valence electrons. The number of nitrogens with two attached hydrogens (primary N) is 2. The van der Waals surface area contributed by atoms with Gasteiger partial charge in [-0.2, -0.15) is 0 Å². The summed E-state index contributed by atoms with van der Waals surface area (Å²) in [5.74, 6) is 0.919. The van der Waals surface area contributed by atoms with Crippen LogP contribution in [0.15, 0.2) is 97.1 Å². The molecule has 0 aliphatic rings. The van der Waals surface area contributed by atoms with Crippen LogP contribution in [-0.4, -0.2) is 0 Å². The van der Waals surface area contributed by atoms with E-state index in [0.29, 0.717) is 11.8 Å². The first-order chi connectivity index (χ1) is 22.1. The van der Waals surface area contributed by atoms with Crippen LogP contribution in [-0.2, 0) is 12.8 Å². The maximum atomic E-state index is 5.92. The van der Waals surface area contributed by atoms with Gasteiger partial charge in [0.2, 0.25) is 0 Å². The summed E-state index contributed by atoms with van der Waals surface area (Å²) in [4.78, 5) is 0. The van der Waals surface area contributed by atoms with Crippen LogP contribution in [0.3, 0.4) is 0 Å². The molecule has 4 aromatic carbocycles. The van der Waals surface area contributed by atoms with Gasteiger partial charge in [-0.15, -0.1) is 0 Å². The van der Waals surface area contributed by atoms with E-state index < -0.39 is 0 Å². The van der Waals surface area contributed by atoms with E-state index in [4.69, 9.17) is 11.5 Å². The van der Waals surface area contributed by atoms with Crippen LogP contribution in [0.2, 0.25) is 0 Å². The van der Waals surface area contributed by atoms with Gasteiger partial charge < -0.3 is 11.5 Å². The third-order valence-corrected chi connectivity index (χ3v) is 9.53. The zero-order chi connectivity index (χ0) is 31.7. The third-order valence-electron chi connectivity index (χ3n) is 9.53.